The molecule has 2 rings (SSSR count). The van der Waals surface area contributed by atoms with Gasteiger partial charge in [-0.1, -0.05) is 12.1 Å². The molecular weight excluding hydrogens is 280 g/mol. The molecule has 0 bridgehead atoms. The molecule has 0 saturated heterocycles. The van der Waals surface area contributed by atoms with Gasteiger partial charge in [0, 0.05) is 12.7 Å². The zero-order chi connectivity index (χ0) is 15.8. The van der Waals surface area contributed by atoms with Crippen molar-refractivity contribution in [2.45, 2.75) is 20.4 Å². The Morgan fingerprint density at radius 1 is 1.18 bits per heavy atom. The second-order valence-corrected chi connectivity index (χ2v) is 4.55. The number of pyridine rings is 1. The Bertz CT molecular complexity index is 629. The molecule has 0 amide bonds. The van der Waals surface area contributed by atoms with Crippen LogP contribution in [0.5, 0.6) is 5.75 Å². The Kier molecular flexibility index (Phi) is 5.77. The van der Waals surface area contributed by atoms with E-state index in [0.717, 1.165) is 11.3 Å². The third kappa shape index (κ3) is 4.22. The summed E-state index contributed by atoms with van der Waals surface area (Å²) in [6.45, 7) is 5.24. The van der Waals surface area contributed by atoms with Gasteiger partial charge in [0.25, 0.3) is 0 Å². The minimum absolute atomic E-state index is 0.337. The number of carbonyl (C=O) groups excluding carboxylic acids is 1. The smallest absolute Gasteiger partial charge is 0.341 e. The Morgan fingerprint density at radius 3 is 2.82 bits per heavy atom. The van der Waals surface area contributed by atoms with Crippen LogP contribution in [0.4, 0.5) is 5.82 Å². The van der Waals surface area contributed by atoms with Gasteiger partial charge < -0.3 is 14.8 Å². The number of ether oxygens (including phenoxy) is 2. The van der Waals surface area contributed by atoms with Crippen molar-refractivity contribution in [1.29, 1.82) is 0 Å². The summed E-state index contributed by atoms with van der Waals surface area (Å²) in [4.78, 5) is 16.1. The summed E-state index contributed by atoms with van der Waals surface area (Å²) in [7, 11) is 0. The lowest BCUT2D eigenvalue weighted by Gasteiger charge is -2.11. The van der Waals surface area contributed by atoms with E-state index < -0.39 is 0 Å². The van der Waals surface area contributed by atoms with Crippen LogP contribution in [-0.2, 0) is 11.3 Å². The zero-order valence-electron chi connectivity index (χ0n) is 12.8. The molecule has 1 heterocycles. The molecule has 5 nitrogen and oxygen atoms in total. The van der Waals surface area contributed by atoms with Crippen LogP contribution in [0.1, 0.15) is 29.8 Å². The van der Waals surface area contributed by atoms with E-state index in [9.17, 15) is 4.79 Å². The third-order valence-corrected chi connectivity index (χ3v) is 2.97. The van der Waals surface area contributed by atoms with Crippen LogP contribution in [0.25, 0.3) is 0 Å². The number of carbonyl (C=O) groups is 1. The van der Waals surface area contributed by atoms with Gasteiger partial charge in [-0.25, -0.2) is 9.78 Å². The largest absolute Gasteiger partial charge is 0.494 e. The number of benzene rings is 1. The van der Waals surface area contributed by atoms with Crippen molar-refractivity contribution >= 4 is 11.8 Å². The molecule has 0 radical (unpaired) electrons. The van der Waals surface area contributed by atoms with E-state index in [-0.39, 0.29) is 5.97 Å². The molecule has 0 aliphatic carbocycles. The summed E-state index contributed by atoms with van der Waals surface area (Å²) in [6, 6.07) is 11.2. The molecule has 116 valence electrons. The van der Waals surface area contributed by atoms with Crippen LogP contribution in [0.15, 0.2) is 42.6 Å². The van der Waals surface area contributed by atoms with E-state index in [4.69, 9.17) is 9.47 Å². The molecule has 1 aromatic carbocycles. The second kappa shape index (κ2) is 8.02. The van der Waals surface area contributed by atoms with Crippen molar-refractivity contribution in [1.82, 2.24) is 4.98 Å². The maximum absolute atomic E-state index is 11.9. The first-order chi connectivity index (χ1) is 10.7. The maximum Gasteiger partial charge on any atom is 0.341 e. The number of rotatable bonds is 7. The summed E-state index contributed by atoms with van der Waals surface area (Å²) in [5.41, 5.74) is 1.48. The van der Waals surface area contributed by atoms with E-state index in [1.54, 1.807) is 25.3 Å². The van der Waals surface area contributed by atoms with Gasteiger partial charge in [0.05, 0.1) is 13.2 Å². The zero-order valence-corrected chi connectivity index (χ0v) is 12.8. The molecule has 1 aromatic heterocycles. The van der Waals surface area contributed by atoms with Crippen molar-refractivity contribution in [3.8, 4) is 5.75 Å². The molecule has 0 aliphatic heterocycles. The van der Waals surface area contributed by atoms with Crippen molar-refractivity contribution < 1.29 is 14.3 Å². The number of nitrogens with one attached hydrogen (secondary N) is 1. The number of anilines is 1. The number of hydrogen-bond donors (Lipinski definition) is 1. The molecule has 0 atom stereocenters. The summed E-state index contributed by atoms with van der Waals surface area (Å²) >= 11 is 0. The van der Waals surface area contributed by atoms with Crippen LogP contribution in [0, 0.1) is 0 Å². The minimum Gasteiger partial charge on any atom is -0.494 e. The summed E-state index contributed by atoms with van der Waals surface area (Å²) in [5.74, 6) is 0.970. The van der Waals surface area contributed by atoms with Crippen LogP contribution < -0.4 is 10.1 Å². The van der Waals surface area contributed by atoms with Gasteiger partial charge in [-0.05, 0) is 43.7 Å². The van der Waals surface area contributed by atoms with Gasteiger partial charge in [0.2, 0.25) is 0 Å². The first kappa shape index (κ1) is 15.8. The first-order valence-electron chi connectivity index (χ1n) is 7.32. The molecule has 2 aromatic rings. The fourth-order valence-electron chi connectivity index (χ4n) is 2.02. The standard InChI is InChI=1S/C17H20N2O3/c1-3-21-14-8-5-7-13(11-14)12-19-16-15(9-6-10-18-16)17(20)22-4-2/h5-11H,3-4,12H2,1-2H3,(H,18,19). The molecule has 0 unspecified atom stereocenters. The number of nitrogens with zero attached hydrogens (tertiary/aromatic N) is 1. The predicted octanol–water partition coefficient (Wildman–Crippen LogP) is 3.27. The molecule has 5 heteroatoms. The highest BCUT2D eigenvalue weighted by atomic mass is 16.5. The van der Waals surface area contributed by atoms with Gasteiger partial charge in [0.15, 0.2) is 0 Å². The molecule has 22 heavy (non-hydrogen) atoms. The van der Waals surface area contributed by atoms with Crippen molar-refractivity contribution in [2.75, 3.05) is 18.5 Å². The van der Waals surface area contributed by atoms with Crippen LogP contribution >= 0.6 is 0 Å². The molecule has 0 fully saturated rings. The normalized spacial score (nSPS) is 10.1. The predicted molar refractivity (Wildman–Crippen MR) is 85.1 cm³/mol. The van der Waals surface area contributed by atoms with Crippen LogP contribution in [0.3, 0.4) is 0 Å². The average molecular weight is 300 g/mol. The SMILES string of the molecule is CCOC(=O)c1cccnc1NCc1cccc(OCC)c1. The lowest BCUT2D eigenvalue weighted by Crippen LogP contribution is -2.11. The number of aromatic nitrogens is 1. The first-order valence-corrected chi connectivity index (χ1v) is 7.32. The maximum atomic E-state index is 11.9. The molecule has 0 aliphatic rings. The lowest BCUT2D eigenvalue weighted by atomic mass is 10.2. The minimum atomic E-state index is -0.374. The van der Waals surface area contributed by atoms with Gasteiger partial charge >= 0.3 is 5.97 Å². The number of hydrogen-bond acceptors (Lipinski definition) is 5. The fraction of sp³-hybridized carbons (Fsp3) is 0.294. The highest BCUT2D eigenvalue weighted by Gasteiger charge is 2.12. The third-order valence-electron chi connectivity index (χ3n) is 2.97. The van der Waals surface area contributed by atoms with E-state index in [1.165, 1.54) is 0 Å². The quantitative estimate of drug-likeness (QED) is 0.795. The average Bonchev–Trinajstić information content (AvgIpc) is 2.54. The molecule has 0 spiro atoms. The second-order valence-electron chi connectivity index (χ2n) is 4.55. The van der Waals surface area contributed by atoms with Gasteiger partial charge in [0.1, 0.15) is 17.1 Å². The Hall–Kier alpha value is -2.56. The molecule has 1 N–H and O–H groups in total. The lowest BCUT2D eigenvalue weighted by molar-refractivity contribution is 0.0527. The van der Waals surface area contributed by atoms with Crippen LogP contribution in [-0.4, -0.2) is 24.2 Å². The molecule has 0 saturated carbocycles. The highest BCUT2D eigenvalue weighted by Crippen LogP contribution is 2.17. The van der Waals surface area contributed by atoms with Crippen molar-refractivity contribution in [3.05, 3.63) is 53.7 Å². The van der Waals surface area contributed by atoms with Gasteiger partial charge in [-0.15, -0.1) is 0 Å². The Labute approximate surface area is 130 Å². The summed E-state index contributed by atoms with van der Waals surface area (Å²) in [5, 5.41) is 3.17. The van der Waals surface area contributed by atoms with Crippen molar-refractivity contribution in [2.24, 2.45) is 0 Å². The monoisotopic (exact) mass is 300 g/mol. The summed E-state index contributed by atoms with van der Waals surface area (Å²) in [6.07, 6.45) is 1.64. The fourth-order valence-corrected chi connectivity index (χ4v) is 2.02. The van der Waals surface area contributed by atoms with Crippen molar-refractivity contribution in [3.63, 3.8) is 0 Å². The Balaban J connectivity index is 2.08. The van der Waals surface area contributed by atoms with E-state index in [1.807, 2.05) is 31.2 Å². The van der Waals surface area contributed by atoms with Gasteiger partial charge in [-0.2, -0.15) is 0 Å². The topological polar surface area (TPSA) is 60.5 Å². The molecular formula is C17H20N2O3. The van der Waals surface area contributed by atoms with Crippen LogP contribution in [0.2, 0.25) is 0 Å². The van der Waals surface area contributed by atoms with E-state index in [2.05, 4.69) is 10.3 Å². The van der Waals surface area contributed by atoms with E-state index >= 15 is 0 Å². The highest BCUT2D eigenvalue weighted by molar-refractivity contribution is 5.94. The van der Waals surface area contributed by atoms with Gasteiger partial charge in [-0.3, -0.25) is 0 Å². The Morgan fingerprint density at radius 2 is 2.05 bits per heavy atom. The summed E-state index contributed by atoms with van der Waals surface area (Å²) < 4.78 is 10.5. The van der Waals surface area contributed by atoms with E-state index in [0.29, 0.717) is 31.1 Å². The number of esters is 1.